The van der Waals surface area contributed by atoms with Gasteiger partial charge in [0.1, 0.15) is 5.69 Å². The lowest BCUT2D eigenvalue weighted by Gasteiger charge is -2.26. The summed E-state index contributed by atoms with van der Waals surface area (Å²) in [6.45, 7) is 0. The lowest BCUT2D eigenvalue weighted by molar-refractivity contribution is -0.192. The van der Waals surface area contributed by atoms with E-state index in [1.54, 1.807) is 12.1 Å². The van der Waals surface area contributed by atoms with E-state index in [1.807, 2.05) is 18.2 Å². The van der Waals surface area contributed by atoms with Gasteiger partial charge in [0.05, 0.1) is 5.52 Å². The number of halogens is 4. The van der Waals surface area contributed by atoms with E-state index < -0.39 is 12.1 Å². The Kier molecular flexibility index (Phi) is 7.20. The molecule has 0 unspecified atom stereocenters. The number of carboxylic acid groups (broad SMARTS) is 1. The molecule has 152 valence electrons. The SMILES string of the molecule is NC1CCC(NC(=O)c2ccc3cc(Cl)ccc3n2)CC1.O=C(O)C(F)(F)F. The number of carboxylic acids is 1. The summed E-state index contributed by atoms with van der Waals surface area (Å²) in [5.41, 5.74) is 7.10. The van der Waals surface area contributed by atoms with Crippen molar-refractivity contribution in [3.05, 3.63) is 41.0 Å². The molecule has 0 aliphatic heterocycles. The van der Waals surface area contributed by atoms with Crippen LogP contribution in [0, 0.1) is 0 Å². The van der Waals surface area contributed by atoms with Crippen LogP contribution < -0.4 is 11.1 Å². The lowest BCUT2D eigenvalue weighted by Crippen LogP contribution is -2.40. The number of hydrogen-bond acceptors (Lipinski definition) is 4. The van der Waals surface area contributed by atoms with Gasteiger partial charge in [0, 0.05) is 22.5 Å². The number of benzene rings is 1. The Morgan fingerprint density at radius 1 is 1.14 bits per heavy atom. The fourth-order valence-corrected chi connectivity index (χ4v) is 2.93. The van der Waals surface area contributed by atoms with Crippen LogP contribution in [0.25, 0.3) is 10.9 Å². The quantitative estimate of drug-likeness (QED) is 0.693. The van der Waals surface area contributed by atoms with E-state index in [2.05, 4.69) is 10.3 Å². The molecule has 6 nitrogen and oxygen atoms in total. The first-order valence-corrected chi connectivity index (χ1v) is 8.87. The van der Waals surface area contributed by atoms with Crippen LogP contribution >= 0.6 is 11.6 Å². The predicted octanol–water partition coefficient (Wildman–Crippen LogP) is 3.52. The molecule has 28 heavy (non-hydrogen) atoms. The topological polar surface area (TPSA) is 105 Å². The van der Waals surface area contributed by atoms with Crippen molar-refractivity contribution in [1.29, 1.82) is 0 Å². The van der Waals surface area contributed by atoms with E-state index in [0.717, 1.165) is 36.6 Å². The molecule has 1 aromatic heterocycles. The van der Waals surface area contributed by atoms with Gasteiger partial charge in [-0.05, 0) is 49.9 Å². The largest absolute Gasteiger partial charge is 0.490 e. The standard InChI is InChI=1S/C16H18ClN3O.C2HF3O2/c17-11-2-8-14-10(9-11)1-7-15(20-14)16(21)19-13-5-3-12(18)4-6-13;3-2(4,5)1(6)7/h1-2,7-9,12-13H,3-6,18H2,(H,19,21);(H,6,7). The summed E-state index contributed by atoms with van der Waals surface area (Å²) in [7, 11) is 0. The Labute approximate surface area is 163 Å². The lowest BCUT2D eigenvalue weighted by atomic mass is 9.92. The van der Waals surface area contributed by atoms with Crippen molar-refractivity contribution >= 4 is 34.4 Å². The molecule has 1 saturated carbocycles. The number of carbonyl (C=O) groups excluding carboxylic acids is 1. The van der Waals surface area contributed by atoms with Crippen LogP contribution in [0.2, 0.25) is 5.02 Å². The number of amides is 1. The Morgan fingerprint density at radius 2 is 1.75 bits per heavy atom. The molecule has 1 fully saturated rings. The maximum Gasteiger partial charge on any atom is 0.490 e. The Bertz CT molecular complexity index is 853. The molecule has 2 aromatic rings. The van der Waals surface area contributed by atoms with Crippen molar-refractivity contribution < 1.29 is 27.9 Å². The smallest absolute Gasteiger partial charge is 0.475 e. The average Bonchev–Trinajstić information content (AvgIpc) is 2.63. The number of aromatic nitrogens is 1. The molecule has 1 aromatic carbocycles. The Hall–Kier alpha value is -2.39. The molecule has 0 bridgehead atoms. The van der Waals surface area contributed by atoms with E-state index >= 15 is 0 Å². The van der Waals surface area contributed by atoms with Crippen molar-refractivity contribution in [1.82, 2.24) is 10.3 Å². The first kappa shape index (κ1) is 21.9. The second kappa shape index (κ2) is 9.20. The van der Waals surface area contributed by atoms with Crippen LogP contribution in [-0.4, -0.2) is 40.2 Å². The normalized spacial score (nSPS) is 19.5. The first-order chi connectivity index (χ1) is 13.1. The third-order valence-corrected chi connectivity index (χ3v) is 4.47. The van der Waals surface area contributed by atoms with Gasteiger partial charge in [-0.15, -0.1) is 0 Å². The zero-order valence-corrected chi connectivity index (χ0v) is 15.4. The fraction of sp³-hybridized carbons (Fsp3) is 0.389. The highest BCUT2D eigenvalue weighted by molar-refractivity contribution is 6.31. The highest BCUT2D eigenvalue weighted by Crippen LogP contribution is 2.20. The second-order valence-corrected chi connectivity index (χ2v) is 6.86. The molecule has 10 heteroatoms. The number of nitrogens with one attached hydrogen (secondary N) is 1. The molecular weight excluding hydrogens is 399 g/mol. The second-order valence-electron chi connectivity index (χ2n) is 6.42. The van der Waals surface area contributed by atoms with E-state index in [4.69, 9.17) is 27.2 Å². The fourth-order valence-electron chi connectivity index (χ4n) is 2.75. The molecule has 0 radical (unpaired) electrons. The van der Waals surface area contributed by atoms with Crippen LogP contribution in [0.4, 0.5) is 13.2 Å². The van der Waals surface area contributed by atoms with Gasteiger partial charge in [-0.25, -0.2) is 9.78 Å². The van der Waals surface area contributed by atoms with Gasteiger partial charge in [-0.1, -0.05) is 17.7 Å². The molecule has 0 spiro atoms. The molecule has 1 aliphatic carbocycles. The summed E-state index contributed by atoms with van der Waals surface area (Å²) < 4.78 is 31.7. The highest BCUT2D eigenvalue weighted by atomic mass is 35.5. The van der Waals surface area contributed by atoms with Gasteiger partial charge in [0.2, 0.25) is 0 Å². The van der Waals surface area contributed by atoms with Gasteiger partial charge < -0.3 is 16.2 Å². The zero-order chi connectivity index (χ0) is 20.9. The number of nitrogens with zero attached hydrogens (tertiary/aromatic N) is 1. The van der Waals surface area contributed by atoms with Gasteiger partial charge in [-0.3, -0.25) is 4.79 Å². The van der Waals surface area contributed by atoms with E-state index in [0.29, 0.717) is 10.7 Å². The average molecular weight is 418 g/mol. The molecular formula is C18H19ClF3N3O3. The molecule has 1 heterocycles. The summed E-state index contributed by atoms with van der Waals surface area (Å²) in [4.78, 5) is 25.6. The minimum atomic E-state index is -5.08. The third-order valence-electron chi connectivity index (χ3n) is 4.23. The summed E-state index contributed by atoms with van der Waals surface area (Å²) in [6.07, 6.45) is -1.27. The summed E-state index contributed by atoms with van der Waals surface area (Å²) in [5, 5.41) is 11.8. The molecule has 0 saturated heterocycles. The number of fused-ring (bicyclic) bond motifs is 1. The minimum absolute atomic E-state index is 0.118. The monoisotopic (exact) mass is 417 g/mol. The van der Waals surface area contributed by atoms with Crippen molar-refractivity contribution in [3.63, 3.8) is 0 Å². The Balaban J connectivity index is 0.000000345. The predicted molar refractivity (Wildman–Crippen MR) is 98.1 cm³/mol. The maximum atomic E-state index is 12.3. The summed E-state index contributed by atoms with van der Waals surface area (Å²) in [5.74, 6) is -2.88. The molecule has 4 N–H and O–H groups in total. The van der Waals surface area contributed by atoms with Crippen LogP contribution in [0.3, 0.4) is 0 Å². The van der Waals surface area contributed by atoms with E-state index in [9.17, 15) is 18.0 Å². The number of pyridine rings is 1. The van der Waals surface area contributed by atoms with Crippen molar-refractivity contribution in [3.8, 4) is 0 Å². The number of aliphatic carboxylic acids is 1. The summed E-state index contributed by atoms with van der Waals surface area (Å²) in [6, 6.07) is 9.55. The van der Waals surface area contributed by atoms with Crippen LogP contribution in [0.15, 0.2) is 30.3 Å². The van der Waals surface area contributed by atoms with Crippen molar-refractivity contribution in [2.75, 3.05) is 0 Å². The first-order valence-electron chi connectivity index (χ1n) is 8.49. The number of rotatable bonds is 2. The number of alkyl halides is 3. The van der Waals surface area contributed by atoms with Crippen molar-refractivity contribution in [2.45, 2.75) is 43.9 Å². The summed E-state index contributed by atoms with van der Waals surface area (Å²) >= 11 is 5.94. The number of hydrogen-bond donors (Lipinski definition) is 3. The maximum absolute atomic E-state index is 12.3. The van der Waals surface area contributed by atoms with Crippen molar-refractivity contribution in [2.24, 2.45) is 5.73 Å². The van der Waals surface area contributed by atoms with Crippen LogP contribution in [0.1, 0.15) is 36.2 Å². The number of carbonyl (C=O) groups is 2. The van der Waals surface area contributed by atoms with Gasteiger partial charge in [0.15, 0.2) is 0 Å². The van der Waals surface area contributed by atoms with Gasteiger partial charge in [0.25, 0.3) is 5.91 Å². The van der Waals surface area contributed by atoms with Gasteiger partial charge in [-0.2, -0.15) is 13.2 Å². The number of nitrogens with two attached hydrogens (primary N) is 1. The van der Waals surface area contributed by atoms with E-state index in [-0.39, 0.29) is 18.0 Å². The zero-order valence-electron chi connectivity index (χ0n) is 14.7. The van der Waals surface area contributed by atoms with E-state index in [1.165, 1.54) is 0 Å². The Morgan fingerprint density at radius 3 is 2.32 bits per heavy atom. The third kappa shape index (κ3) is 6.35. The van der Waals surface area contributed by atoms with Gasteiger partial charge >= 0.3 is 12.1 Å². The minimum Gasteiger partial charge on any atom is -0.475 e. The molecule has 1 aliphatic rings. The highest BCUT2D eigenvalue weighted by Gasteiger charge is 2.38. The molecule has 0 atom stereocenters. The van der Waals surface area contributed by atoms with Crippen LogP contribution in [0.5, 0.6) is 0 Å². The van der Waals surface area contributed by atoms with Crippen LogP contribution in [-0.2, 0) is 4.79 Å². The molecule has 1 amide bonds. The molecule has 3 rings (SSSR count).